The molecular formula is I98. The maximum absolute atomic E-state index is 3.48. The molecule has 0 saturated carbocycles. The Morgan fingerprint density at radius 2 is 0.0816 bits per heavy atom. The van der Waals surface area contributed by atoms with E-state index in [-0.39, 0.29) is 0 Å². The Hall–Kier alpha value is 71.5. The zero-order chi connectivity index (χ0) is 77.7. The first-order valence-electron chi connectivity index (χ1n) is 13.9. The molecule has 0 aliphatic rings. The predicted molar refractivity (Wildman–Crippen MR) is 1370 cm³/mol. The minimum absolute atomic E-state index is 0.490. The Balaban J connectivity index is 5.89. The van der Waals surface area contributed by atoms with E-state index in [0.717, 1.165) is 0 Å². The normalized spacial score (nSPS) is 19.2. The van der Waals surface area contributed by atoms with E-state index in [0.29, 0.717) is 0 Å². The van der Waals surface area contributed by atoms with Crippen molar-refractivity contribution >= 4 is 1310 Å². The topological polar surface area (TPSA) is 0 Å². The zero-order valence-corrected chi connectivity index (χ0v) is 248. The molecule has 0 spiro atoms. The summed E-state index contributed by atoms with van der Waals surface area (Å²) >= 11 is 169. The van der Waals surface area contributed by atoms with Gasteiger partial charge in [-0.2, -0.15) is 0 Å². The molecule has 0 aromatic heterocycles. The van der Waals surface area contributed by atoms with Crippen molar-refractivity contribution in [1.29, 1.82) is 0 Å². The Kier molecular flexibility index (Phi) is 176. The van der Waals surface area contributed by atoms with Gasteiger partial charge in [0, 0.05) is 0 Å². The molecular weight excluding hydrogens is 12400 g/mol. The molecule has 0 heterocycles. The van der Waals surface area contributed by atoms with Crippen molar-refractivity contribution in [2.45, 2.75) is 0 Å². The van der Waals surface area contributed by atoms with Crippen LogP contribution in [0, 0.1) is 0 Å². The van der Waals surface area contributed by atoms with Gasteiger partial charge in [-0.05, 0) is 0 Å². The Labute approximate surface area is 1230 Å². The molecule has 0 aromatic rings. The van der Waals surface area contributed by atoms with E-state index in [1.54, 1.807) is 0 Å². The molecule has 0 unspecified atom stereocenters. The van der Waals surface area contributed by atoms with Crippen molar-refractivity contribution in [3.8, 4) is 0 Å². The van der Waals surface area contributed by atoms with Crippen LogP contribution in [-0.2, 0) is 0 Å². The van der Waals surface area contributed by atoms with Crippen LogP contribution in [0.2, 0.25) is 0 Å². The minimum atomic E-state index is -0.659. The fourth-order valence-electron chi connectivity index (χ4n) is 1.42. The van der Waals surface area contributed by atoms with Gasteiger partial charge in [-0.25, -0.2) is 0 Å². The molecule has 0 atom stereocenters. The van der Waals surface area contributed by atoms with Crippen molar-refractivity contribution in [3.63, 3.8) is 0 Å². The SMILES string of the molecule is II(I)I(I)I(I)I(I)I(I)I(I)I(I)I(I)I(I)I(I)I(I)I(I)I(I)I(I)I(I)I(I)I(I)I(I)I(I)I(I)I(I)I(I)I(I)I(I)I(I)I(I)I(I)I(I)I(I)I(I)I(I)I(I)I(I)I(I)I(I)I(I)I(I)I(I)I(I)I(I)I(I)I(I)I(I)I(I)I(I)I(I)I(I)I(I)I. The predicted octanol–water partition coefficient (Wildman–Crippen LogP) is 86.8. The summed E-state index contributed by atoms with van der Waals surface area (Å²) < 4.78 is 0. The molecule has 0 bridgehead atoms. The van der Waals surface area contributed by atoms with Gasteiger partial charge in [0.2, 0.25) is 0 Å². The summed E-state index contributed by atoms with van der Waals surface area (Å²) in [5.41, 5.74) is 0. The average Bonchev–Trinajstić information content (AvgIpc) is 0.833. The molecule has 0 N–H and O–H groups in total. The molecule has 98 heteroatoms. The fourth-order valence-corrected chi connectivity index (χ4v) is 19300. The quantitative estimate of drug-likeness (QED) is 0.0533. The van der Waals surface area contributed by atoms with Crippen molar-refractivity contribution in [3.05, 3.63) is 0 Å². The van der Waals surface area contributed by atoms with Crippen molar-refractivity contribution < 1.29 is 0 Å². The first kappa shape index (κ1) is 170. The van der Waals surface area contributed by atoms with Crippen molar-refractivity contribution in [2.24, 2.45) is 0 Å². The molecule has 0 saturated heterocycles. The molecule has 0 aromatic carbocycles. The number of rotatable bonds is 47. The fraction of sp³-hybridized carbons (Fsp3) is 0. The second-order valence-corrected chi connectivity index (χ2v) is 2350. The van der Waals surface area contributed by atoms with E-state index in [1.165, 1.54) is 0 Å². The van der Waals surface area contributed by atoms with Gasteiger partial charge in [0.05, 0.1) is 0 Å². The van der Waals surface area contributed by atoms with Gasteiger partial charge in [0.25, 0.3) is 0 Å². The van der Waals surface area contributed by atoms with Gasteiger partial charge in [0.15, 0.2) is 0 Å². The molecule has 0 rings (SSSR count). The molecule has 0 radical (unpaired) electrons. The van der Waals surface area contributed by atoms with E-state index < -0.39 is 379 Å². The Morgan fingerprint density at radius 1 is 0.0510 bits per heavy atom. The summed E-state index contributed by atoms with van der Waals surface area (Å²) in [6.45, 7) is 0. The molecule has 0 aliphatic carbocycles. The number of hydrogen-bond donors (Lipinski definition) is 0. The summed E-state index contributed by atoms with van der Waals surface area (Å²) in [4.78, 5) is 0. The monoisotopic (exact) mass is 12400 g/mol. The second kappa shape index (κ2) is 102. The van der Waals surface area contributed by atoms with E-state index >= 15 is 0 Å². The molecule has 98 heavy (non-hydrogen) atoms. The van der Waals surface area contributed by atoms with Crippen molar-refractivity contribution in [2.75, 3.05) is 0 Å². The van der Waals surface area contributed by atoms with Crippen LogP contribution in [0.15, 0.2) is 0 Å². The molecule has 0 amide bonds. The average molecular weight is 12400 g/mol. The number of hydrogen-bond acceptors (Lipinski definition) is 0. The van der Waals surface area contributed by atoms with Gasteiger partial charge >= 0.3 is 1310 Å². The molecule has 686 valence electrons. The van der Waals surface area contributed by atoms with E-state index in [2.05, 4.69) is 931 Å². The van der Waals surface area contributed by atoms with Crippen molar-refractivity contribution in [1.82, 2.24) is 0 Å². The summed E-state index contributed by atoms with van der Waals surface area (Å²) in [5.74, 6) is 0. The third kappa shape index (κ3) is 69.0. The summed E-state index contributed by atoms with van der Waals surface area (Å²) in [6, 6.07) is 0. The molecule has 0 nitrogen and oxygen atoms in total. The van der Waals surface area contributed by atoms with Crippen LogP contribution < -0.4 is 0 Å². The first-order valence-corrected chi connectivity index (χ1v) is 624. The standard InChI is InChI=1S/I98/c1-51(2)53(5)55(7)57(9)59(11)61(13)63(15)65(17)67(19)69(21)71(23)73(25)75(27)77(29)79(31)81(33)83(35)85(37)87(39)89(41)91(43)93(45)95(47)97(49)98(50)96(48)94(46)92(44)90(42)88(40)86(38)84(36)82(34)80(32)78(30)76(28)74(26)72(24)70(22)68(20)66(18)64(16)62(14)60(12)58(10)56(8)54(6)52(3)4. The van der Waals surface area contributed by atoms with E-state index in [1.807, 2.05) is 0 Å². The van der Waals surface area contributed by atoms with Gasteiger partial charge in [-0.3, -0.25) is 0 Å². The van der Waals surface area contributed by atoms with Crippen LogP contribution in [0.5, 0.6) is 0 Å². The summed E-state index contributed by atoms with van der Waals surface area (Å²) in [5, 5.41) is 0. The van der Waals surface area contributed by atoms with E-state index in [4.69, 9.17) is 0 Å². The summed E-state index contributed by atoms with van der Waals surface area (Å²) in [7, 11) is -29.3. The third-order valence-corrected chi connectivity index (χ3v) is 7770. The van der Waals surface area contributed by atoms with Crippen LogP contribution in [0.25, 0.3) is 0 Å². The van der Waals surface area contributed by atoms with E-state index in [9.17, 15) is 0 Å². The van der Waals surface area contributed by atoms with Gasteiger partial charge in [-0.15, -0.1) is 0 Å². The number of halogens is 98. The summed E-state index contributed by atoms with van der Waals surface area (Å²) in [6.07, 6.45) is 0. The van der Waals surface area contributed by atoms with Gasteiger partial charge in [0.1, 0.15) is 0 Å². The van der Waals surface area contributed by atoms with Gasteiger partial charge in [-0.1, -0.05) is 0 Å². The second-order valence-electron chi connectivity index (χ2n) is 7.78. The molecule has 0 aliphatic heterocycles. The molecule has 0 fully saturated rings. The van der Waals surface area contributed by atoms with Crippen LogP contribution >= 0.6 is 1310 Å². The van der Waals surface area contributed by atoms with Gasteiger partial charge < -0.3 is 0 Å². The first-order chi connectivity index (χ1) is 44.5. The Bertz CT molecular complexity index is 1920. The van der Waals surface area contributed by atoms with Crippen LogP contribution in [0.4, 0.5) is 0 Å². The Morgan fingerprint density at radius 3 is 0.112 bits per heavy atom. The third-order valence-electron chi connectivity index (χ3n) is 3.84. The zero-order valence-electron chi connectivity index (χ0n) is 37.0. The van der Waals surface area contributed by atoms with Crippen LogP contribution in [0.1, 0.15) is 0 Å². The van der Waals surface area contributed by atoms with Crippen LogP contribution in [0.3, 0.4) is 0 Å². The maximum atomic E-state index is 3.48. The van der Waals surface area contributed by atoms with Crippen LogP contribution in [-0.4, -0.2) is 0 Å².